The highest BCUT2D eigenvalue weighted by atomic mass is 32.2. The van der Waals surface area contributed by atoms with Gasteiger partial charge in [0.15, 0.2) is 14.0 Å². The Morgan fingerprint density at radius 2 is 1.27 bits per heavy atom. The third kappa shape index (κ3) is 9.76. The summed E-state index contributed by atoms with van der Waals surface area (Å²) in [5.41, 5.74) is 2.61. The molecule has 384 valence electrons. The molecular formula is C57H81N3O7SSi3. The summed E-state index contributed by atoms with van der Waals surface area (Å²) in [5, 5.41) is 16.0. The molecule has 1 aliphatic carbocycles. The Labute approximate surface area is 429 Å². The van der Waals surface area contributed by atoms with Crippen LogP contribution >= 0.6 is 0 Å². The highest BCUT2D eigenvalue weighted by molar-refractivity contribution is 7.89. The fraction of sp³-hybridized carbons (Fsp3) is 0.509. The van der Waals surface area contributed by atoms with Gasteiger partial charge in [0.1, 0.15) is 0 Å². The number of rotatable bonds is 18. The van der Waals surface area contributed by atoms with Crippen LogP contribution in [0.4, 0.5) is 4.79 Å². The molecule has 2 heterocycles. The number of aryl methyl sites for hydroxylation is 3. The quantitative estimate of drug-likeness (QED) is 0.0987. The lowest BCUT2D eigenvalue weighted by molar-refractivity contribution is -0.136. The maximum absolute atomic E-state index is 16.1. The van der Waals surface area contributed by atoms with Gasteiger partial charge in [0.25, 0.3) is 18.3 Å². The van der Waals surface area contributed by atoms with E-state index in [1.165, 1.54) is 0 Å². The van der Waals surface area contributed by atoms with Gasteiger partial charge in [0.05, 0.1) is 35.7 Å². The average Bonchev–Trinajstić information content (AvgIpc) is 3.70. The Balaban J connectivity index is 1.52. The van der Waals surface area contributed by atoms with Crippen molar-refractivity contribution in [1.82, 2.24) is 14.1 Å². The molecule has 4 aromatic carbocycles. The zero-order chi connectivity index (χ0) is 52.2. The minimum absolute atomic E-state index is 0.0185. The lowest BCUT2D eigenvalue weighted by Crippen LogP contribution is -2.67. The summed E-state index contributed by atoms with van der Waals surface area (Å²) in [6, 6.07) is 32.5. The monoisotopic (exact) mass is 1040 g/mol. The Morgan fingerprint density at radius 3 is 1.76 bits per heavy atom. The Bertz CT molecular complexity index is 2640. The van der Waals surface area contributed by atoms with E-state index in [4.69, 9.17) is 8.85 Å². The molecule has 10 nitrogen and oxygen atoms in total. The van der Waals surface area contributed by atoms with Gasteiger partial charge in [-0.2, -0.15) is 0 Å². The van der Waals surface area contributed by atoms with Gasteiger partial charge < -0.3 is 14.0 Å². The van der Waals surface area contributed by atoms with Gasteiger partial charge in [-0.25, -0.2) is 17.5 Å². The normalized spacial score (nSPS) is 22.2. The van der Waals surface area contributed by atoms with Crippen LogP contribution in [0.1, 0.15) is 84.6 Å². The topological polar surface area (TPSA) is 117 Å². The number of fused-ring (bicyclic) bond motifs is 3. The molecule has 2 aliphatic heterocycles. The second-order valence-electron chi connectivity index (χ2n) is 23.9. The van der Waals surface area contributed by atoms with E-state index >= 15 is 18.0 Å². The number of aliphatic hydroxyl groups is 1. The van der Waals surface area contributed by atoms with Gasteiger partial charge in [-0.1, -0.05) is 190 Å². The maximum Gasteiger partial charge on any atom is 0.327 e. The molecule has 0 radical (unpaired) electrons. The summed E-state index contributed by atoms with van der Waals surface area (Å²) in [6.07, 6.45) is 1.90. The molecular weight excluding hydrogens is 955 g/mol. The molecule has 5 atom stereocenters. The van der Waals surface area contributed by atoms with Crippen LogP contribution in [0.2, 0.25) is 47.3 Å². The number of carbonyl (C=O) groups excluding carboxylic acids is 2. The summed E-state index contributed by atoms with van der Waals surface area (Å²) < 4.78 is 47.3. The summed E-state index contributed by atoms with van der Waals surface area (Å²) in [5.74, 6) is -3.64. The van der Waals surface area contributed by atoms with E-state index < -0.39 is 75.2 Å². The number of nitrogens with zero attached hydrogens (tertiary/aromatic N) is 3. The molecule has 14 heteroatoms. The van der Waals surface area contributed by atoms with Gasteiger partial charge in [0.2, 0.25) is 5.91 Å². The van der Waals surface area contributed by atoms with Crippen molar-refractivity contribution in [2.24, 2.45) is 17.8 Å². The largest absolute Gasteiger partial charge is 0.414 e. The van der Waals surface area contributed by atoms with Crippen LogP contribution in [0, 0.1) is 38.5 Å². The van der Waals surface area contributed by atoms with Crippen molar-refractivity contribution in [3.8, 4) is 0 Å². The van der Waals surface area contributed by atoms with Crippen LogP contribution in [0.5, 0.6) is 0 Å². The highest BCUT2D eigenvalue weighted by Crippen LogP contribution is 2.57. The molecule has 0 aromatic heterocycles. The molecule has 2 fully saturated rings. The van der Waals surface area contributed by atoms with Crippen molar-refractivity contribution in [1.29, 1.82) is 0 Å². The van der Waals surface area contributed by atoms with Crippen LogP contribution in [0.3, 0.4) is 0 Å². The SMILES string of the molecule is Cc1ccc(S(=O)(=O)N2C(=O)[C@H]3[C@@H]([C@H]2CO[Si](C(C)C)(C(C)C)C(C)C)[C@]2(O)C(=C[C@H]3CO[Si](c3ccccc3)(c3ccccc3)C(C)(C)C)N(Cc3ccc(C)cc3C)C(=O)N2CC[Si](C)(C)C)cc1. The third-order valence-corrected chi connectivity index (χ3v) is 30.7. The van der Waals surface area contributed by atoms with Crippen molar-refractivity contribution in [3.63, 3.8) is 0 Å². The van der Waals surface area contributed by atoms with E-state index in [1.54, 1.807) is 34.1 Å². The minimum Gasteiger partial charge on any atom is -0.414 e. The summed E-state index contributed by atoms with van der Waals surface area (Å²) in [4.78, 5) is 35.0. The maximum atomic E-state index is 16.1. The number of amides is 3. The number of benzene rings is 4. The van der Waals surface area contributed by atoms with E-state index in [2.05, 4.69) is 112 Å². The van der Waals surface area contributed by atoms with Crippen molar-refractivity contribution >= 4 is 57.0 Å². The lowest BCUT2D eigenvalue weighted by atomic mass is 9.69. The Kier molecular flexibility index (Phi) is 15.6. The highest BCUT2D eigenvalue weighted by Gasteiger charge is 2.71. The van der Waals surface area contributed by atoms with Gasteiger partial charge in [-0.3, -0.25) is 14.6 Å². The number of urea groups is 1. The molecule has 3 amide bonds. The predicted octanol–water partition coefficient (Wildman–Crippen LogP) is 11.0. The van der Waals surface area contributed by atoms with E-state index in [9.17, 15) is 5.11 Å². The van der Waals surface area contributed by atoms with Gasteiger partial charge in [-0.15, -0.1) is 0 Å². The molecule has 71 heavy (non-hydrogen) atoms. The summed E-state index contributed by atoms with van der Waals surface area (Å²) in [7, 11) is -12.4. The van der Waals surface area contributed by atoms with Gasteiger partial charge in [-0.05, 0) is 82.1 Å². The van der Waals surface area contributed by atoms with Crippen LogP contribution in [-0.4, -0.2) is 95.8 Å². The molecule has 0 spiro atoms. The molecule has 2 saturated heterocycles. The zero-order valence-corrected chi connectivity index (χ0v) is 48.9. The lowest BCUT2D eigenvalue weighted by Gasteiger charge is -2.49. The van der Waals surface area contributed by atoms with E-state index in [-0.39, 0.29) is 53.9 Å². The fourth-order valence-electron chi connectivity index (χ4n) is 12.6. The average molecular weight is 1040 g/mol. The second-order valence-corrected chi connectivity index (χ2v) is 41.1. The first-order chi connectivity index (χ1) is 33.1. The Hall–Kier alpha value is -4.16. The van der Waals surface area contributed by atoms with E-state index in [1.807, 2.05) is 75.4 Å². The minimum atomic E-state index is -4.57. The first-order valence-corrected chi connectivity index (χ1v) is 35.0. The summed E-state index contributed by atoms with van der Waals surface area (Å²) >= 11 is 0. The molecule has 7 rings (SSSR count). The first-order valence-electron chi connectivity index (χ1n) is 25.8. The molecule has 0 saturated carbocycles. The number of hydrogen-bond donors (Lipinski definition) is 1. The predicted molar refractivity (Wildman–Crippen MR) is 295 cm³/mol. The van der Waals surface area contributed by atoms with Crippen LogP contribution in [-0.2, 0) is 30.2 Å². The molecule has 1 N–H and O–H groups in total. The number of sulfonamides is 1. The molecule has 3 aliphatic rings. The summed E-state index contributed by atoms with van der Waals surface area (Å²) in [6.45, 7) is 32.7. The standard InChI is InChI=1S/C57H81N3O7SSi3/c1-39(2)70(40(3)4,41(5)6)66-38-50-53-52(54(61)60(50)68(64,65)47-30-27-42(7)28-31-47)46(37-67-71(56(10,11)12,48-22-18-16-19-23-48)49-24-20-17-21-25-49)35-51-57(53,63)59(32-33-69(13,14)15)55(62)58(51)36-45-29-26-43(8)34-44(45)9/h16-31,34-35,39-41,46,50,52-53,63H,32-33,36-38H2,1-15H3/t46-,50+,52+,53+,57+/m0/s1. The van der Waals surface area contributed by atoms with Crippen molar-refractivity contribution in [2.45, 2.75) is 154 Å². The Morgan fingerprint density at radius 1 is 0.732 bits per heavy atom. The number of carbonyl (C=O) groups is 2. The molecule has 4 aromatic rings. The van der Waals surface area contributed by atoms with Crippen molar-refractivity contribution in [2.75, 3.05) is 19.8 Å². The van der Waals surface area contributed by atoms with Crippen LogP contribution in [0.25, 0.3) is 0 Å². The van der Waals surface area contributed by atoms with Gasteiger partial charge >= 0.3 is 6.03 Å². The van der Waals surface area contributed by atoms with E-state index in [0.29, 0.717) is 11.7 Å². The zero-order valence-electron chi connectivity index (χ0n) is 45.1. The second kappa shape index (κ2) is 20.3. The van der Waals surface area contributed by atoms with Crippen molar-refractivity contribution < 1.29 is 32.0 Å². The van der Waals surface area contributed by atoms with Gasteiger partial charge in [0, 0.05) is 33.1 Å². The van der Waals surface area contributed by atoms with Crippen LogP contribution in [0.15, 0.2) is 120 Å². The van der Waals surface area contributed by atoms with Crippen LogP contribution < -0.4 is 10.4 Å². The first kappa shape index (κ1) is 54.6. The smallest absolute Gasteiger partial charge is 0.327 e. The number of hydrogen-bond acceptors (Lipinski definition) is 7. The van der Waals surface area contributed by atoms with E-state index in [0.717, 1.165) is 36.9 Å². The fourth-order valence-corrected chi connectivity index (χ4v) is 25.2. The molecule has 0 bridgehead atoms. The third-order valence-electron chi connectivity index (χ3n) is 16.1. The molecule has 0 unspecified atom stereocenters. The van der Waals surface area contributed by atoms with Crippen molar-refractivity contribution in [3.05, 3.63) is 137 Å².